The van der Waals surface area contributed by atoms with E-state index in [4.69, 9.17) is 0 Å². The quantitative estimate of drug-likeness (QED) is 0.195. The van der Waals surface area contributed by atoms with Crippen LogP contribution in [0.5, 0.6) is 0 Å². The highest BCUT2D eigenvalue weighted by Gasteiger charge is 2.39. The number of hydrogen-bond acceptors (Lipinski definition) is 4. The van der Waals surface area contributed by atoms with Gasteiger partial charge in [-0.15, -0.1) is 0 Å². The molecule has 7 nitrogen and oxygen atoms in total. The Bertz CT molecular complexity index is 2080. The molecule has 2 aliphatic carbocycles. The fourth-order valence-electron chi connectivity index (χ4n) is 6.75. The number of pyridine rings is 1. The van der Waals surface area contributed by atoms with Gasteiger partial charge in [-0.1, -0.05) is 72.8 Å². The summed E-state index contributed by atoms with van der Waals surface area (Å²) in [7, 11) is -9.60. The largest absolute Gasteiger partial charge is 0.295 e. The highest BCUT2D eigenvalue weighted by Crippen LogP contribution is 2.46. The lowest BCUT2D eigenvalue weighted by Crippen LogP contribution is -2.44. The summed E-state index contributed by atoms with van der Waals surface area (Å²) < 4.78 is 72.1. The zero-order chi connectivity index (χ0) is 29.9. The van der Waals surface area contributed by atoms with E-state index in [-0.39, 0.29) is 5.56 Å². The SMILES string of the molecule is O=S(=O)(O)c1ccc(-c2c3c([n+](Cc4ccccc4)c4c2CCc2ccccc2-4)-c2ccccc2CC3)c(S(=O)(=O)O)c1. The van der Waals surface area contributed by atoms with Crippen LogP contribution in [0.25, 0.3) is 33.6 Å². The van der Waals surface area contributed by atoms with E-state index in [1.807, 2.05) is 42.5 Å². The maximum absolute atomic E-state index is 12.8. The minimum atomic E-state index is -4.88. The zero-order valence-corrected chi connectivity index (χ0v) is 24.7. The topological polar surface area (TPSA) is 113 Å². The van der Waals surface area contributed by atoms with Crippen LogP contribution in [-0.2, 0) is 52.5 Å². The molecule has 9 heteroatoms. The molecule has 0 atom stereocenters. The number of benzene rings is 4. The fourth-order valence-corrected chi connectivity index (χ4v) is 8.05. The minimum Gasteiger partial charge on any atom is -0.282 e. The third-order valence-corrected chi connectivity index (χ3v) is 10.3. The fraction of sp³-hybridized carbons (Fsp3) is 0.147. The van der Waals surface area contributed by atoms with E-state index in [0.29, 0.717) is 24.9 Å². The second-order valence-corrected chi connectivity index (χ2v) is 13.8. The smallest absolute Gasteiger partial charge is 0.282 e. The first-order chi connectivity index (χ1) is 20.6. The first kappa shape index (κ1) is 27.7. The van der Waals surface area contributed by atoms with Crippen LogP contribution in [0.1, 0.15) is 27.8 Å². The highest BCUT2D eigenvalue weighted by atomic mass is 32.2. The lowest BCUT2D eigenvalue weighted by molar-refractivity contribution is -0.667. The summed E-state index contributed by atoms with van der Waals surface area (Å²) in [5.74, 6) is 0. The van der Waals surface area contributed by atoms with Gasteiger partial charge in [0.15, 0.2) is 6.54 Å². The van der Waals surface area contributed by atoms with Gasteiger partial charge < -0.3 is 0 Å². The molecular weight excluding hydrogens is 583 g/mol. The molecular formula is C34H28NO6S2+. The number of rotatable bonds is 5. The van der Waals surface area contributed by atoms with Crippen LogP contribution < -0.4 is 4.57 Å². The van der Waals surface area contributed by atoms with Crippen molar-refractivity contribution in [1.29, 1.82) is 0 Å². The van der Waals surface area contributed by atoms with E-state index < -0.39 is 30.0 Å². The van der Waals surface area contributed by atoms with Crippen LogP contribution in [0, 0.1) is 0 Å². The molecule has 0 unspecified atom stereocenters. The van der Waals surface area contributed by atoms with Crippen molar-refractivity contribution >= 4 is 20.2 Å². The number of aryl methyl sites for hydroxylation is 2. The Kier molecular flexibility index (Phi) is 6.59. The number of fused-ring (bicyclic) bond motifs is 6. The number of hydrogen-bond donors (Lipinski definition) is 2. The molecule has 0 saturated carbocycles. The zero-order valence-electron chi connectivity index (χ0n) is 23.1. The average molecular weight is 611 g/mol. The second-order valence-electron chi connectivity index (χ2n) is 11.0. The Hall–Kier alpha value is -4.15. The normalized spacial score (nSPS) is 13.9. The van der Waals surface area contributed by atoms with Crippen molar-refractivity contribution in [3.8, 4) is 33.6 Å². The van der Waals surface area contributed by atoms with Gasteiger partial charge in [0.2, 0.25) is 11.4 Å². The van der Waals surface area contributed by atoms with Crippen LogP contribution in [0.4, 0.5) is 0 Å². The van der Waals surface area contributed by atoms with Gasteiger partial charge in [0.1, 0.15) is 4.90 Å². The lowest BCUT2D eigenvalue weighted by atomic mass is 9.77. The lowest BCUT2D eigenvalue weighted by Gasteiger charge is -2.29. The first-order valence-corrected chi connectivity index (χ1v) is 16.9. The van der Waals surface area contributed by atoms with Gasteiger partial charge in [0, 0.05) is 38.9 Å². The van der Waals surface area contributed by atoms with E-state index in [0.717, 1.165) is 58.1 Å². The van der Waals surface area contributed by atoms with E-state index in [2.05, 4.69) is 41.0 Å². The van der Waals surface area contributed by atoms with E-state index in [1.165, 1.54) is 23.3 Å². The molecule has 0 spiro atoms. The molecule has 2 aliphatic rings. The monoisotopic (exact) mass is 610 g/mol. The number of nitrogens with zero attached hydrogens (tertiary/aromatic N) is 1. The second kappa shape index (κ2) is 10.2. The summed E-state index contributed by atoms with van der Waals surface area (Å²) in [5, 5.41) is 0. The van der Waals surface area contributed by atoms with Gasteiger partial charge >= 0.3 is 0 Å². The molecule has 0 radical (unpaired) electrons. The molecule has 5 aromatic rings. The van der Waals surface area contributed by atoms with Crippen LogP contribution in [0.2, 0.25) is 0 Å². The van der Waals surface area contributed by atoms with Crippen molar-refractivity contribution < 1.29 is 30.5 Å². The molecule has 2 N–H and O–H groups in total. The third-order valence-electron chi connectivity index (χ3n) is 8.53. The predicted molar refractivity (Wildman–Crippen MR) is 163 cm³/mol. The average Bonchev–Trinajstić information content (AvgIpc) is 3.00. The molecule has 4 aromatic carbocycles. The Balaban J connectivity index is 1.66. The summed E-state index contributed by atoms with van der Waals surface area (Å²) in [6, 6.07) is 30.1. The van der Waals surface area contributed by atoms with E-state index in [9.17, 15) is 25.9 Å². The van der Waals surface area contributed by atoms with Crippen LogP contribution >= 0.6 is 0 Å². The Labute approximate surface area is 250 Å². The van der Waals surface area contributed by atoms with Gasteiger partial charge in [-0.05, 0) is 61.1 Å². The summed E-state index contributed by atoms with van der Waals surface area (Å²) >= 11 is 0. The van der Waals surface area contributed by atoms with Crippen molar-refractivity contribution in [3.63, 3.8) is 0 Å². The summed E-state index contributed by atoms with van der Waals surface area (Å²) in [6.07, 6.45) is 2.72. The predicted octanol–water partition coefficient (Wildman–Crippen LogP) is 5.71. The van der Waals surface area contributed by atoms with Crippen molar-refractivity contribution in [2.75, 3.05) is 0 Å². The molecule has 1 heterocycles. The standard InChI is InChI=1S/C34H27NO6S2/c36-42(37,38)25-16-19-28(31(20-25)43(39,40)41)32-29-17-14-23-10-4-6-12-26(23)33(29)35(21-22-8-2-1-3-9-22)34-27-13-7-5-11-24(27)15-18-30(32)34/h1-13,16,19-20H,14-15,17-18,21H2,(H-,36,37,38,39,40,41)/p+1. The Morgan fingerprint density at radius 3 is 1.65 bits per heavy atom. The maximum atomic E-state index is 12.8. The molecule has 1 aromatic heterocycles. The maximum Gasteiger partial charge on any atom is 0.295 e. The Morgan fingerprint density at radius 1 is 0.581 bits per heavy atom. The molecule has 7 rings (SSSR count). The molecule has 0 fully saturated rings. The first-order valence-electron chi connectivity index (χ1n) is 14.0. The van der Waals surface area contributed by atoms with Crippen molar-refractivity contribution in [1.82, 2.24) is 0 Å². The van der Waals surface area contributed by atoms with Crippen molar-refractivity contribution in [2.45, 2.75) is 42.0 Å². The summed E-state index contributed by atoms with van der Waals surface area (Å²) in [6.45, 7) is 0.585. The van der Waals surface area contributed by atoms with Crippen LogP contribution in [-0.4, -0.2) is 25.9 Å². The Morgan fingerprint density at radius 2 is 1.12 bits per heavy atom. The van der Waals surface area contributed by atoms with Gasteiger partial charge in [-0.3, -0.25) is 9.11 Å². The van der Waals surface area contributed by atoms with Gasteiger partial charge in [0.05, 0.1) is 4.90 Å². The summed E-state index contributed by atoms with van der Waals surface area (Å²) in [4.78, 5) is -1.15. The molecule has 0 aliphatic heterocycles. The number of aromatic nitrogens is 1. The molecule has 0 bridgehead atoms. The molecule has 0 saturated heterocycles. The van der Waals surface area contributed by atoms with Crippen molar-refractivity contribution in [3.05, 3.63) is 125 Å². The molecule has 216 valence electrons. The van der Waals surface area contributed by atoms with E-state index >= 15 is 0 Å². The van der Waals surface area contributed by atoms with Crippen LogP contribution in [0.15, 0.2) is 107 Å². The van der Waals surface area contributed by atoms with Gasteiger partial charge in [-0.25, -0.2) is 0 Å². The van der Waals surface area contributed by atoms with Gasteiger partial charge in [0.25, 0.3) is 20.2 Å². The third kappa shape index (κ3) is 4.78. The van der Waals surface area contributed by atoms with Gasteiger partial charge in [-0.2, -0.15) is 21.4 Å². The van der Waals surface area contributed by atoms with Crippen LogP contribution in [0.3, 0.4) is 0 Å². The molecule has 0 amide bonds. The summed E-state index contributed by atoms with van der Waals surface area (Å²) in [5.41, 5.74) is 10.3. The molecule has 43 heavy (non-hydrogen) atoms. The van der Waals surface area contributed by atoms with E-state index in [1.54, 1.807) is 0 Å². The van der Waals surface area contributed by atoms with Crippen molar-refractivity contribution in [2.24, 2.45) is 0 Å². The minimum absolute atomic E-state index is 0.216. The highest BCUT2D eigenvalue weighted by molar-refractivity contribution is 7.86.